The van der Waals surface area contributed by atoms with Crippen LogP contribution < -0.4 is 5.32 Å². The van der Waals surface area contributed by atoms with Gasteiger partial charge in [-0.25, -0.2) is 19.9 Å². The second-order valence-electron chi connectivity index (χ2n) is 5.69. The molecule has 6 nitrogen and oxygen atoms in total. The number of fused-ring (bicyclic) bond motifs is 5. The van der Waals surface area contributed by atoms with E-state index in [2.05, 4.69) is 59.3 Å². The molecule has 26 heavy (non-hydrogen) atoms. The smallest absolute Gasteiger partial charge is 0.184 e. The Bertz CT molecular complexity index is 1110. The SMILES string of the molecule is C=C(Cl)/C=C1\C(=C)Cc2cncc(Br)c2Nc2nc1nc1nccnc21. The van der Waals surface area contributed by atoms with Gasteiger partial charge in [-0.15, -0.1) is 0 Å². The highest BCUT2D eigenvalue weighted by atomic mass is 79.9. The van der Waals surface area contributed by atoms with Crippen LogP contribution in [0, 0.1) is 0 Å². The first kappa shape index (κ1) is 16.8. The second kappa shape index (κ2) is 6.59. The molecular formula is C18H12BrClN6. The highest BCUT2D eigenvalue weighted by Gasteiger charge is 2.21. The van der Waals surface area contributed by atoms with Gasteiger partial charge in [-0.2, -0.15) is 0 Å². The molecule has 0 fully saturated rings. The van der Waals surface area contributed by atoms with Gasteiger partial charge in [0.2, 0.25) is 0 Å². The molecule has 3 aromatic heterocycles. The fourth-order valence-corrected chi connectivity index (χ4v) is 3.33. The van der Waals surface area contributed by atoms with Crippen LogP contribution in [0.2, 0.25) is 0 Å². The first-order chi connectivity index (χ1) is 12.5. The minimum atomic E-state index is 0.366. The number of allylic oxidation sites excluding steroid dienone is 4. The number of aromatic nitrogens is 5. The largest absolute Gasteiger partial charge is 0.337 e. The van der Waals surface area contributed by atoms with Gasteiger partial charge < -0.3 is 5.32 Å². The van der Waals surface area contributed by atoms with E-state index in [0.717, 1.165) is 21.3 Å². The molecule has 0 aliphatic carbocycles. The lowest BCUT2D eigenvalue weighted by atomic mass is 9.99. The zero-order valence-electron chi connectivity index (χ0n) is 13.5. The fourth-order valence-electron chi connectivity index (χ4n) is 2.75. The van der Waals surface area contributed by atoms with Crippen LogP contribution in [0.15, 0.2) is 59.1 Å². The standard InChI is InChI=1S/C18H12BrClN6/c1-9-5-11-7-21-8-13(19)14(11)24-18-15-17(23-4-3-22-15)25-16(26-18)12(9)6-10(2)20/h3-4,6-8H,1-2,5H2,(H,23,24,25,26)/b12-6+. The van der Waals surface area contributed by atoms with Gasteiger partial charge in [-0.3, -0.25) is 4.98 Å². The van der Waals surface area contributed by atoms with Gasteiger partial charge in [0, 0.05) is 41.8 Å². The quantitative estimate of drug-likeness (QED) is 0.613. The molecule has 0 amide bonds. The normalized spacial score (nSPS) is 15.0. The third-order valence-corrected chi connectivity index (χ3v) is 4.59. The highest BCUT2D eigenvalue weighted by molar-refractivity contribution is 9.10. The molecule has 1 N–H and O–H groups in total. The van der Waals surface area contributed by atoms with Crippen molar-refractivity contribution >= 4 is 55.8 Å². The summed E-state index contributed by atoms with van der Waals surface area (Å²) in [5, 5.41) is 3.71. The van der Waals surface area contributed by atoms with Gasteiger partial charge in [-0.1, -0.05) is 24.8 Å². The van der Waals surface area contributed by atoms with Crippen molar-refractivity contribution in [1.82, 2.24) is 24.9 Å². The maximum absolute atomic E-state index is 6.03. The van der Waals surface area contributed by atoms with Crippen LogP contribution in [0.3, 0.4) is 0 Å². The summed E-state index contributed by atoms with van der Waals surface area (Å²) >= 11 is 9.58. The van der Waals surface area contributed by atoms with Crippen LogP contribution in [0.1, 0.15) is 11.4 Å². The summed E-state index contributed by atoms with van der Waals surface area (Å²) in [4.78, 5) is 22.1. The number of pyridine rings is 1. The molecule has 8 heteroatoms. The van der Waals surface area contributed by atoms with Crippen molar-refractivity contribution in [2.45, 2.75) is 6.42 Å². The summed E-state index contributed by atoms with van der Waals surface area (Å²) in [6.45, 7) is 7.95. The molecule has 1 aliphatic rings. The minimum Gasteiger partial charge on any atom is -0.337 e. The van der Waals surface area contributed by atoms with E-state index in [-0.39, 0.29) is 0 Å². The lowest BCUT2D eigenvalue weighted by molar-refractivity contribution is 1.11. The second-order valence-corrected chi connectivity index (χ2v) is 7.03. The number of halogens is 2. The molecule has 1 aliphatic heterocycles. The van der Waals surface area contributed by atoms with Crippen LogP contribution in [0.5, 0.6) is 0 Å². The third kappa shape index (κ3) is 3.00. The molecule has 0 saturated heterocycles. The van der Waals surface area contributed by atoms with E-state index >= 15 is 0 Å². The Hall–Kier alpha value is -2.64. The lowest BCUT2D eigenvalue weighted by Crippen LogP contribution is -2.03. The van der Waals surface area contributed by atoms with E-state index in [1.165, 1.54) is 0 Å². The Labute approximate surface area is 162 Å². The zero-order valence-corrected chi connectivity index (χ0v) is 15.8. The first-order valence-corrected chi connectivity index (χ1v) is 8.83. The Morgan fingerprint density at radius 1 is 1.23 bits per heavy atom. The Morgan fingerprint density at radius 3 is 2.85 bits per heavy atom. The molecule has 2 bridgehead atoms. The molecule has 0 aromatic carbocycles. The molecule has 0 atom stereocenters. The van der Waals surface area contributed by atoms with E-state index in [1.54, 1.807) is 30.9 Å². The van der Waals surface area contributed by atoms with Gasteiger partial charge >= 0.3 is 0 Å². The fraction of sp³-hybridized carbons (Fsp3) is 0.0556. The Balaban J connectivity index is 2.06. The van der Waals surface area contributed by atoms with Crippen LogP contribution in [0.4, 0.5) is 11.5 Å². The molecule has 3 aromatic rings. The molecule has 0 saturated carbocycles. The summed E-state index contributed by atoms with van der Waals surface area (Å²) in [6.07, 6.45) is 8.97. The Kier molecular flexibility index (Phi) is 4.26. The number of nitrogens with one attached hydrogen (secondary N) is 1. The first-order valence-electron chi connectivity index (χ1n) is 7.65. The monoisotopic (exact) mass is 426 g/mol. The topological polar surface area (TPSA) is 76.5 Å². The predicted octanol–water partition coefficient (Wildman–Crippen LogP) is 4.57. The average Bonchev–Trinajstić information content (AvgIpc) is 2.65. The van der Waals surface area contributed by atoms with E-state index in [0.29, 0.717) is 39.8 Å². The third-order valence-electron chi connectivity index (χ3n) is 3.88. The summed E-state index contributed by atoms with van der Waals surface area (Å²) in [5.41, 5.74) is 4.36. The number of hydrogen-bond donors (Lipinski definition) is 1. The minimum absolute atomic E-state index is 0.366. The van der Waals surface area contributed by atoms with Gasteiger partial charge in [-0.05, 0) is 33.1 Å². The average molecular weight is 428 g/mol. The van der Waals surface area contributed by atoms with Crippen molar-refractivity contribution in [1.29, 1.82) is 0 Å². The van der Waals surface area contributed by atoms with Crippen LogP contribution in [-0.4, -0.2) is 24.9 Å². The van der Waals surface area contributed by atoms with Gasteiger partial charge in [0.05, 0.1) is 10.2 Å². The Morgan fingerprint density at radius 2 is 2.04 bits per heavy atom. The summed E-state index contributed by atoms with van der Waals surface area (Å²) in [6, 6.07) is 0. The van der Waals surface area contributed by atoms with Crippen LogP contribution in [-0.2, 0) is 6.42 Å². The lowest BCUT2D eigenvalue weighted by Gasteiger charge is -2.12. The molecular weight excluding hydrogens is 416 g/mol. The van der Waals surface area contributed by atoms with Crippen molar-refractivity contribution in [3.05, 3.63) is 70.5 Å². The molecule has 4 rings (SSSR count). The summed E-state index contributed by atoms with van der Waals surface area (Å²) < 4.78 is 0.814. The van der Waals surface area contributed by atoms with Crippen molar-refractivity contribution in [3.8, 4) is 0 Å². The van der Waals surface area contributed by atoms with Gasteiger partial charge in [0.1, 0.15) is 0 Å². The van der Waals surface area contributed by atoms with Gasteiger partial charge in [0.25, 0.3) is 0 Å². The zero-order chi connectivity index (χ0) is 18.3. The number of nitrogens with zero attached hydrogens (tertiary/aromatic N) is 5. The van der Waals surface area contributed by atoms with Crippen molar-refractivity contribution in [2.24, 2.45) is 0 Å². The molecule has 0 unspecified atom stereocenters. The van der Waals surface area contributed by atoms with E-state index in [4.69, 9.17) is 11.6 Å². The summed E-state index contributed by atoms with van der Waals surface area (Å²) in [5.74, 6) is 1.01. The van der Waals surface area contributed by atoms with Crippen molar-refractivity contribution in [3.63, 3.8) is 0 Å². The maximum atomic E-state index is 6.03. The molecule has 4 heterocycles. The molecule has 128 valence electrons. The van der Waals surface area contributed by atoms with Crippen molar-refractivity contribution < 1.29 is 0 Å². The maximum Gasteiger partial charge on any atom is 0.184 e. The summed E-state index contributed by atoms with van der Waals surface area (Å²) in [7, 11) is 0. The van der Waals surface area contributed by atoms with E-state index < -0.39 is 0 Å². The number of anilines is 2. The van der Waals surface area contributed by atoms with Crippen LogP contribution in [0.25, 0.3) is 16.7 Å². The van der Waals surface area contributed by atoms with Gasteiger partial charge in [0.15, 0.2) is 22.8 Å². The van der Waals surface area contributed by atoms with E-state index in [9.17, 15) is 0 Å². The number of rotatable bonds is 1. The predicted molar refractivity (Wildman–Crippen MR) is 106 cm³/mol. The highest BCUT2D eigenvalue weighted by Crippen LogP contribution is 2.36. The van der Waals surface area contributed by atoms with E-state index in [1.807, 2.05) is 0 Å². The van der Waals surface area contributed by atoms with Crippen molar-refractivity contribution in [2.75, 3.05) is 5.32 Å². The molecule has 0 spiro atoms. The van der Waals surface area contributed by atoms with Crippen LogP contribution >= 0.6 is 27.5 Å². The number of hydrogen-bond acceptors (Lipinski definition) is 6. The molecule has 0 radical (unpaired) electrons.